The Hall–Kier alpha value is -2.29. The van der Waals surface area contributed by atoms with Crippen molar-refractivity contribution in [1.29, 1.82) is 0 Å². The Bertz CT molecular complexity index is 514. The number of rotatable bonds is 4. The highest BCUT2D eigenvalue weighted by molar-refractivity contribution is 5.62. The standard InChI is InChI=1S/C17H16O3/c18-17-19-15(11-13-7-3-1-4-8-13)16(20-17)12-14-9-5-2-6-10-14/h1-10,15-16H,11-12H2. The van der Waals surface area contributed by atoms with Gasteiger partial charge >= 0.3 is 6.16 Å². The first-order chi connectivity index (χ1) is 9.81. The van der Waals surface area contributed by atoms with Crippen molar-refractivity contribution < 1.29 is 14.3 Å². The normalized spacial score (nSPS) is 21.3. The average molecular weight is 268 g/mol. The molecule has 1 aliphatic heterocycles. The zero-order valence-electron chi connectivity index (χ0n) is 11.1. The van der Waals surface area contributed by atoms with Crippen LogP contribution in [0.15, 0.2) is 60.7 Å². The molecule has 1 aliphatic rings. The number of hydrogen-bond donors (Lipinski definition) is 0. The Balaban J connectivity index is 1.70. The molecular weight excluding hydrogens is 252 g/mol. The first-order valence-electron chi connectivity index (χ1n) is 6.76. The maximum absolute atomic E-state index is 11.4. The molecule has 3 rings (SSSR count). The van der Waals surface area contributed by atoms with Crippen molar-refractivity contribution in [2.75, 3.05) is 0 Å². The van der Waals surface area contributed by atoms with Crippen LogP contribution in [0.2, 0.25) is 0 Å². The van der Waals surface area contributed by atoms with Crippen molar-refractivity contribution in [1.82, 2.24) is 0 Å². The van der Waals surface area contributed by atoms with Crippen molar-refractivity contribution in [2.24, 2.45) is 0 Å². The van der Waals surface area contributed by atoms with Crippen molar-refractivity contribution >= 4 is 6.16 Å². The van der Waals surface area contributed by atoms with E-state index in [4.69, 9.17) is 9.47 Å². The summed E-state index contributed by atoms with van der Waals surface area (Å²) in [4.78, 5) is 11.4. The Kier molecular flexibility index (Phi) is 3.68. The largest absolute Gasteiger partial charge is 0.509 e. The summed E-state index contributed by atoms with van der Waals surface area (Å²) in [5.41, 5.74) is 2.29. The number of carbonyl (C=O) groups excluding carboxylic acids is 1. The molecule has 3 nitrogen and oxygen atoms in total. The van der Waals surface area contributed by atoms with Crippen LogP contribution in [0.4, 0.5) is 4.79 Å². The van der Waals surface area contributed by atoms with E-state index < -0.39 is 6.16 Å². The fraction of sp³-hybridized carbons (Fsp3) is 0.235. The van der Waals surface area contributed by atoms with Crippen LogP contribution in [0.1, 0.15) is 11.1 Å². The first-order valence-corrected chi connectivity index (χ1v) is 6.76. The van der Waals surface area contributed by atoms with Crippen molar-refractivity contribution in [3.05, 3.63) is 71.8 Å². The molecule has 0 radical (unpaired) electrons. The summed E-state index contributed by atoms with van der Waals surface area (Å²) in [7, 11) is 0. The lowest BCUT2D eigenvalue weighted by Gasteiger charge is -2.15. The summed E-state index contributed by atoms with van der Waals surface area (Å²) < 4.78 is 10.6. The smallest absolute Gasteiger partial charge is 0.427 e. The average Bonchev–Trinajstić information content (AvgIpc) is 2.81. The predicted molar refractivity (Wildman–Crippen MR) is 75.4 cm³/mol. The highest BCUT2D eigenvalue weighted by Crippen LogP contribution is 2.22. The van der Waals surface area contributed by atoms with Crippen LogP contribution in [0.25, 0.3) is 0 Å². The van der Waals surface area contributed by atoms with E-state index in [1.807, 2.05) is 60.7 Å². The molecule has 2 aromatic rings. The Labute approximate surface area is 118 Å². The molecule has 1 saturated heterocycles. The molecule has 0 N–H and O–H groups in total. The van der Waals surface area contributed by atoms with Gasteiger partial charge in [0, 0.05) is 12.8 Å². The second-order valence-corrected chi connectivity index (χ2v) is 4.94. The zero-order valence-corrected chi connectivity index (χ0v) is 11.1. The summed E-state index contributed by atoms with van der Waals surface area (Å²) in [5.74, 6) is 0. The van der Waals surface area contributed by atoms with Gasteiger partial charge in [-0.05, 0) is 11.1 Å². The molecule has 2 atom stereocenters. The molecule has 3 heteroatoms. The van der Waals surface area contributed by atoms with Gasteiger partial charge in [-0.15, -0.1) is 0 Å². The molecule has 102 valence electrons. The zero-order chi connectivity index (χ0) is 13.8. The molecule has 0 aromatic heterocycles. The van der Waals surface area contributed by atoms with E-state index in [2.05, 4.69) is 0 Å². The van der Waals surface area contributed by atoms with E-state index in [1.54, 1.807) is 0 Å². The van der Waals surface area contributed by atoms with Gasteiger partial charge in [0.25, 0.3) is 0 Å². The third-order valence-corrected chi connectivity index (χ3v) is 3.47. The van der Waals surface area contributed by atoms with Crippen LogP contribution in [0.3, 0.4) is 0 Å². The molecule has 20 heavy (non-hydrogen) atoms. The lowest BCUT2D eigenvalue weighted by molar-refractivity contribution is 0.116. The lowest BCUT2D eigenvalue weighted by Crippen LogP contribution is -2.27. The Morgan fingerprint density at radius 3 is 1.50 bits per heavy atom. The van der Waals surface area contributed by atoms with E-state index in [9.17, 15) is 4.79 Å². The molecular formula is C17H16O3. The van der Waals surface area contributed by atoms with Crippen LogP contribution in [-0.2, 0) is 22.3 Å². The fourth-order valence-corrected chi connectivity index (χ4v) is 2.47. The SMILES string of the molecule is O=C1OC(Cc2ccccc2)C(Cc2ccccc2)O1. The molecule has 2 aromatic carbocycles. The summed E-state index contributed by atoms with van der Waals surface area (Å²) in [6.07, 6.45) is 0.371. The summed E-state index contributed by atoms with van der Waals surface area (Å²) in [6.45, 7) is 0. The van der Waals surface area contributed by atoms with Gasteiger partial charge in [-0.25, -0.2) is 4.79 Å². The van der Waals surface area contributed by atoms with Crippen LogP contribution < -0.4 is 0 Å². The maximum atomic E-state index is 11.4. The molecule has 0 aliphatic carbocycles. The Morgan fingerprint density at radius 2 is 1.10 bits per heavy atom. The van der Waals surface area contributed by atoms with Gasteiger partial charge in [-0.3, -0.25) is 0 Å². The monoisotopic (exact) mass is 268 g/mol. The van der Waals surface area contributed by atoms with E-state index in [0.29, 0.717) is 12.8 Å². The topological polar surface area (TPSA) is 35.5 Å². The lowest BCUT2D eigenvalue weighted by atomic mass is 9.99. The summed E-state index contributed by atoms with van der Waals surface area (Å²) in [6, 6.07) is 20.0. The first kappa shape index (κ1) is 12.7. The minimum Gasteiger partial charge on any atom is -0.427 e. The van der Waals surface area contributed by atoms with E-state index in [0.717, 1.165) is 11.1 Å². The highest BCUT2D eigenvalue weighted by Gasteiger charge is 2.36. The highest BCUT2D eigenvalue weighted by atomic mass is 16.8. The van der Waals surface area contributed by atoms with Gasteiger partial charge in [0.1, 0.15) is 12.2 Å². The van der Waals surface area contributed by atoms with Gasteiger partial charge < -0.3 is 9.47 Å². The molecule has 1 fully saturated rings. The van der Waals surface area contributed by atoms with Gasteiger partial charge in [-0.1, -0.05) is 60.7 Å². The molecule has 0 spiro atoms. The summed E-state index contributed by atoms with van der Waals surface area (Å²) in [5, 5.41) is 0. The fourth-order valence-electron chi connectivity index (χ4n) is 2.47. The van der Waals surface area contributed by atoms with Crippen molar-refractivity contribution in [3.63, 3.8) is 0 Å². The van der Waals surface area contributed by atoms with Crippen LogP contribution in [-0.4, -0.2) is 18.4 Å². The number of benzene rings is 2. The predicted octanol–water partition coefficient (Wildman–Crippen LogP) is 3.38. The number of cyclic esters (lactones) is 2. The molecule has 2 unspecified atom stereocenters. The number of carbonyl (C=O) groups is 1. The summed E-state index contributed by atoms with van der Waals surface area (Å²) >= 11 is 0. The molecule has 0 saturated carbocycles. The van der Waals surface area contributed by atoms with Gasteiger partial charge in [-0.2, -0.15) is 0 Å². The van der Waals surface area contributed by atoms with Gasteiger partial charge in [0.2, 0.25) is 0 Å². The second kappa shape index (κ2) is 5.78. The molecule has 1 heterocycles. The maximum Gasteiger partial charge on any atom is 0.509 e. The number of hydrogen-bond acceptors (Lipinski definition) is 3. The molecule has 0 bridgehead atoms. The van der Waals surface area contributed by atoms with E-state index in [-0.39, 0.29) is 12.2 Å². The van der Waals surface area contributed by atoms with Gasteiger partial charge in [0.15, 0.2) is 0 Å². The van der Waals surface area contributed by atoms with E-state index in [1.165, 1.54) is 0 Å². The minimum atomic E-state index is -0.563. The number of ether oxygens (including phenoxy) is 2. The van der Waals surface area contributed by atoms with Crippen molar-refractivity contribution in [3.8, 4) is 0 Å². The minimum absolute atomic E-state index is 0.217. The third-order valence-electron chi connectivity index (χ3n) is 3.47. The van der Waals surface area contributed by atoms with Crippen LogP contribution in [0, 0.1) is 0 Å². The quantitative estimate of drug-likeness (QED) is 0.797. The Morgan fingerprint density at radius 1 is 0.700 bits per heavy atom. The van der Waals surface area contributed by atoms with Crippen molar-refractivity contribution in [2.45, 2.75) is 25.0 Å². The second-order valence-electron chi connectivity index (χ2n) is 4.94. The van der Waals surface area contributed by atoms with E-state index >= 15 is 0 Å². The van der Waals surface area contributed by atoms with Crippen LogP contribution >= 0.6 is 0 Å². The van der Waals surface area contributed by atoms with Gasteiger partial charge in [0.05, 0.1) is 0 Å². The molecule has 0 amide bonds. The third kappa shape index (κ3) is 2.99. The van der Waals surface area contributed by atoms with Crippen LogP contribution in [0.5, 0.6) is 0 Å².